The molecule has 1 saturated heterocycles. The molecule has 1 saturated carbocycles. The van der Waals surface area contributed by atoms with Gasteiger partial charge in [0.25, 0.3) is 0 Å². The van der Waals surface area contributed by atoms with E-state index in [4.69, 9.17) is 11.6 Å². The molecule has 0 radical (unpaired) electrons. The largest absolute Gasteiger partial charge is 0.299 e. The first-order chi connectivity index (χ1) is 14.4. The first-order valence-electron chi connectivity index (χ1n) is 11.3. The van der Waals surface area contributed by atoms with Gasteiger partial charge in [-0.25, -0.2) is 0 Å². The average molecular weight is 425 g/mol. The molecule has 2 aromatic rings. The predicted molar refractivity (Wildman–Crippen MR) is 127 cm³/mol. The maximum Gasteiger partial charge on any atom is 0.0948 e. The number of hydrogen-bond acceptors (Lipinski definition) is 4. The molecule has 0 atom stereocenters. The Labute approximate surface area is 185 Å². The third-order valence-electron chi connectivity index (χ3n) is 7.04. The fraction of sp³-hybridized carbons (Fsp3) is 0.520. The van der Waals surface area contributed by atoms with E-state index in [2.05, 4.69) is 77.7 Å². The van der Waals surface area contributed by atoms with Gasteiger partial charge in [-0.15, -0.1) is 5.12 Å². The number of halogens is 1. The molecule has 1 N–H and O–H groups in total. The predicted octanol–water partition coefficient (Wildman–Crippen LogP) is 6.03. The quantitative estimate of drug-likeness (QED) is 0.632. The second kappa shape index (κ2) is 7.74. The average Bonchev–Trinajstić information content (AvgIpc) is 3.48. The molecule has 5 rings (SSSR count). The molecule has 0 amide bonds. The van der Waals surface area contributed by atoms with E-state index in [1.165, 1.54) is 55.6 Å². The highest BCUT2D eigenvalue weighted by Crippen LogP contribution is 2.45. The molecule has 0 bridgehead atoms. The zero-order valence-electron chi connectivity index (χ0n) is 18.4. The minimum absolute atomic E-state index is 0.501. The lowest BCUT2D eigenvalue weighted by Crippen LogP contribution is -2.39. The molecule has 160 valence electrons. The molecule has 4 nitrogen and oxygen atoms in total. The summed E-state index contributed by atoms with van der Waals surface area (Å²) in [7, 11) is 2.06. The first kappa shape index (κ1) is 20.2. The minimum Gasteiger partial charge on any atom is -0.299 e. The molecule has 2 aliphatic heterocycles. The van der Waals surface area contributed by atoms with Crippen LogP contribution in [0.5, 0.6) is 0 Å². The van der Waals surface area contributed by atoms with Gasteiger partial charge in [0, 0.05) is 25.7 Å². The number of hydrogen-bond donors (Lipinski definition) is 1. The van der Waals surface area contributed by atoms with Crippen molar-refractivity contribution in [2.24, 2.45) is 11.3 Å². The van der Waals surface area contributed by atoms with E-state index >= 15 is 0 Å². The van der Waals surface area contributed by atoms with E-state index in [1.54, 1.807) is 0 Å². The van der Waals surface area contributed by atoms with Crippen molar-refractivity contribution in [2.75, 3.05) is 37.1 Å². The summed E-state index contributed by atoms with van der Waals surface area (Å²) in [6, 6.07) is 13.3. The number of nitrogens with one attached hydrogen (secondary N) is 1. The third-order valence-corrected chi connectivity index (χ3v) is 7.44. The molecule has 30 heavy (non-hydrogen) atoms. The van der Waals surface area contributed by atoms with Crippen molar-refractivity contribution in [3.63, 3.8) is 0 Å². The standard InChI is InChI=1S/C25H33ClN4/c1-25(2)12-14-29(15-13-25)16-18-6-8-20(9-7-18)21-10-11-22-24(23(21)26)27-28(3)30(22)17-19-4-5-19/h6-11,19,27H,4-5,12-17H2,1-3H3. The molecule has 5 heteroatoms. The van der Waals surface area contributed by atoms with Gasteiger partial charge < -0.3 is 0 Å². The number of hydrazine groups is 2. The molecule has 0 aromatic heterocycles. The Morgan fingerprint density at radius 2 is 1.73 bits per heavy atom. The van der Waals surface area contributed by atoms with Crippen LogP contribution >= 0.6 is 11.6 Å². The van der Waals surface area contributed by atoms with Crippen LogP contribution < -0.4 is 10.4 Å². The molecular weight excluding hydrogens is 392 g/mol. The van der Waals surface area contributed by atoms with E-state index < -0.39 is 0 Å². The van der Waals surface area contributed by atoms with Gasteiger partial charge in [0.15, 0.2) is 0 Å². The van der Waals surface area contributed by atoms with Crippen LogP contribution in [0.4, 0.5) is 11.4 Å². The van der Waals surface area contributed by atoms with E-state index in [0.29, 0.717) is 5.41 Å². The van der Waals surface area contributed by atoms with Crippen LogP contribution in [0.2, 0.25) is 5.02 Å². The lowest BCUT2D eigenvalue weighted by Gasteiger charge is -2.36. The number of anilines is 2. The lowest BCUT2D eigenvalue weighted by molar-refractivity contribution is 0.127. The Hall–Kier alpha value is -1.75. The highest BCUT2D eigenvalue weighted by molar-refractivity contribution is 6.37. The smallest absolute Gasteiger partial charge is 0.0948 e. The Balaban J connectivity index is 1.31. The maximum atomic E-state index is 6.87. The summed E-state index contributed by atoms with van der Waals surface area (Å²) in [5.74, 6) is 0.817. The van der Waals surface area contributed by atoms with Crippen molar-refractivity contribution in [1.29, 1.82) is 0 Å². The van der Waals surface area contributed by atoms with Crippen LogP contribution in [0.15, 0.2) is 36.4 Å². The van der Waals surface area contributed by atoms with Crippen molar-refractivity contribution in [3.8, 4) is 11.1 Å². The number of fused-ring (bicyclic) bond motifs is 1. The SMILES string of the molecule is CN1Nc2c(ccc(-c3ccc(CN4CCC(C)(C)CC4)cc3)c2Cl)N1CC1CC1. The second-order valence-electron chi connectivity index (χ2n) is 10.1. The topological polar surface area (TPSA) is 21.8 Å². The minimum atomic E-state index is 0.501. The van der Waals surface area contributed by atoms with Crippen LogP contribution in [0.1, 0.15) is 45.1 Å². The van der Waals surface area contributed by atoms with E-state index in [1.807, 2.05) is 0 Å². The molecular formula is C25H33ClN4. The Bertz CT molecular complexity index is 909. The van der Waals surface area contributed by atoms with Crippen LogP contribution in [-0.2, 0) is 6.54 Å². The summed E-state index contributed by atoms with van der Waals surface area (Å²) >= 11 is 6.87. The van der Waals surface area contributed by atoms with Gasteiger partial charge in [0.1, 0.15) is 0 Å². The summed E-state index contributed by atoms with van der Waals surface area (Å²) in [4.78, 5) is 2.58. The monoisotopic (exact) mass is 424 g/mol. The molecule has 0 unspecified atom stereocenters. The molecule has 0 spiro atoms. The van der Waals surface area contributed by atoms with Crippen LogP contribution in [0.3, 0.4) is 0 Å². The van der Waals surface area contributed by atoms with Crippen molar-refractivity contribution in [3.05, 3.63) is 47.0 Å². The van der Waals surface area contributed by atoms with Crippen molar-refractivity contribution < 1.29 is 0 Å². The number of benzene rings is 2. The summed E-state index contributed by atoms with van der Waals surface area (Å²) in [6.45, 7) is 9.27. The van der Waals surface area contributed by atoms with Gasteiger partial charge in [-0.05, 0) is 67.3 Å². The molecule has 3 aliphatic rings. The van der Waals surface area contributed by atoms with Gasteiger partial charge in [0.05, 0.1) is 16.4 Å². The highest BCUT2D eigenvalue weighted by Gasteiger charge is 2.32. The van der Waals surface area contributed by atoms with Gasteiger partial charge >= 0.3 is 0 Å². The number of rotatable bonds is 5. The van der Waals surface area contributed by atoms with Crippen LogP contribution in [-0.4, -0.2) is 36.7 Å². The normalized spacial score (nSPS) is 21.5. The Morgan fingerprint density at radius 3 is 2.40 bits per heavy atom. The van der Waals surface area contributed by atoms with Crippen molar-refractivity contribution >= 4 is 23.0 Å². The summed E-state index contributed by atoms with van der Waals surface area (Å²) in [5.41, 5.74) is 9.81. The summed E-state index contributed by atoms with van der Waals surface area (Å²) in [6.07, 6.45) is 5.25. The zero-order chi connectivity index (χ0) is 20.9. The number of piperidine rings is 1. The van der Waals surface area contributed by atoms with Crippen LogP contribution in [0, 0.1) is 11.3 Å². The van der Waals surface area contributed by atoms with Gasteiger partial charge in [-0.3, -0.25) is 15.3 Å². The van der Waals surface area contributed by atoms with E-state index in [-0.39, 0.29) is 0 Å². The fourth-order valence-electron chi connectivity index (χ4n) is 4.62. The van der Waals surface area contributed by atoms with Gasteiger partial charge in [0.2, 0.25) is 0 Å². The number of likely N-dealkylation sites (tertiary alicyclic amines) is 1. The van der Waals surface area contributed by atoms with E-state index in [0.717, 1.165) is 35.3 Å². The van der Waals surface area contributed by atoms with Crippen molar-refractivity contribution in [1.82, 2.24) is 10.0 Å². The highest BCUT2D eigenvalue weighted by atomic mass is 35.5. The van der Waals surface area contributed by atoms with Crippen LogP contribution in [0.25, 0.3) is 11.1 Å². The molecule has 2 aromatic carbocycles. The number of nitrogens with zero attached hydrogens (tertiary/aromatic N) is 3. The van der Waals surface area contributed by atoms with Gasteiger partial charge in [-0.2, -0.15) is 0 Å². The Kier molecular flexibility index (Phi) is 5.20. The third kappa shape index (κ3) is 4.05. The lowest BCUT2D eigenvalue weighted by atomic mass is 9.82. The molecule has 2 heterocycles. The zero-order valence-corrected chi connectivity index (χ0v) is 19.2. The molecule has 2 fully saturated rings. The maximum absolute atomic E-state index is 6.87. The van der Waals surface area contributed by atoms with E-state index in [9.17, 15) is 0 Å². The first-order valence-corrected chi connectivity index (χ1v) is 11.7. The summed E-state index contributed by atoms with van der Waals surface area (Å²) < 4.78 is 0. The fourth-order valence-corrected chi connectivity index (χ4v) is 4.94. The van der Waals surface area contributed by atoms with Crippen molar-refractivity contribution in [2.45, 2.75) is 46.1 Å². The second-order valence-corrected chi connectivity index (χ2v) is 10.5. The molecule has 1 aliphatic carbocycles. The van der Waals surface area contributed by atoms with Gasteiger partial charge in [-0.1, -0.05) is 55.8 Å². The summed E-state index contributed by atoms with van der Waals surface area (Å²) in [5, 5.41) is 5.19. The Morgan fingerprint density at radius 1 is 1.03 bits per heavy atom.